The van der Waals surface area contributed by atoms with Crippen LogP contribution in [-0.4, -0.2) is 21.3 Å². The van der Waals surface area contributed by atoms with Gasteiger partial charge in [0.1, 0.15) is 0 Å². The molecule has 0 saturated carbocycles. The first-order chi connectivity index (χ1) is 7.84. The van der Waals surface area contributed by atoms with Crippen LogP contribution in [0.15, 0.2) is 10.5 Å². The van der Waals surface area contributed by atoms with E-state index in [2.05, 4.69) is 15.9 Å². The number of benzene rings is 1. The van der Waals surface area contributed by atoms with Crippen LogP contribution in [0.2, 0.25) is 0 Å². The van der Waals surface area contributed by atoms with E-state index in [0.29, 0.717) is 0 Å². The summed E-state index contributed by atoms with van der Waals surface area (Å²) in [6.07, 6.45) is -0.114. The van der Waals surface area contributed by atoms with Crippen LogP contribution in [0, 0.1) is 5.82 Å². The van der Waals surface area contributed by atoms with Gasteiger partial charge in [0.15, 0.2) is 17.3 Å². The number of carbonyl (C=O) groups is 1. The van der Waals surface area contributed by atoms with Gasteiger partial charge in [0.25, 0.3) is 0 Å². The number of hydrogen-bond acceptors (Lipinski definition) is 4. The molecule has 17 heavy (non-hydrogen) atoms. The number of aliphatic carboxylic acids is 1. The number of carboxylic acids is 1. The van der Waals surface area contributed by atoms with Gasteiger partial charge in [-0.1, -0.05) is 0 Å². The molecule has 7 heteroatoms. The summed E-state index contributed by atoms with van der Waals surface area (Å²) in [6.45, 7) is 0. The Labute approximate surface area is 105 Å². The van der Waals surface area contributed by atoms with Crippen molar-refractivity contribution in [2.24, 2.45) is 5.73 Å². The Morgan fingerprint density at radius 1 is 1.47 bits per heavy atom. The Balaban J connectivity index is 3.02. The second kappa shape index (κ2) is 5.33. The van der Waals surface area contributed by atoms with Gasteiger partial charge >= 0.3 is 5.97 Å². The number of aromatic hydroxyl groups is 2. The first kappa shape index (κ1) is 13.7. The summed E-state index contributed by atoms with van der Waals surface area (Å²) in [4.78, 5) is 10.4. The molecule has 0 amide bonds. The van der Waals surface area contributed by atoms with Crippen LogP contribution in [-0.2, 0) is 4.79 Å². The zero-order valence-corrected chi connectivity index (χ0v) is 10.2. The molecule has 0 heterocycles. The van der Waals surface area contributed by atoms with Crippen LogP contribution in [0.3, 0.4) is 0 Å². The van der Waals surface area contributed by atoms with Crippen molar-refractivity contribution < 1.29 is 24.5 Å². The van der Waals surface area contributed by atoms with E-state index in [0.717, 1.165) is 0 Å². The summed E-state index contributed by atoms with van der Waals surface area (Å²) in [6, 6.07) is 0.422. The predicted molar refractivity (Wildman–Crippen MR) is 61.2 cm³/mol. The highest BCUT2D eigenvalue weighted by atomic mass is 79.9. The lowest BCUT2D eigenvalue weighted by atomic mass is 10.0. The van der Waals surface area contributed by atoms with E-state index in [9.17, 15) is 19.4 Å². The third kappa shape index (κ3) is 3.07. The Kier molecular flexibility index (Phi) is 4.30. The molecule has 94 valence electrons. The summed E-state index contributed by atoms with van der Waals surface area (Å²) >= 11 is 2.86. The Bertz CT molecular complexity index is 452. The van der Waals surface area contributed by atoms with E-state index in [1.165, 1.54) is 6.07 Å². The van der Waals surface area contributed by atoms with Gasteiger partial charge in [-0.2, -0.15) is 0 Å². The maximum Gasteiger partial charge on any atom is 0.303 e. The SMILES string of the molecule is NC(CCC(=O)O)c1cc(Br)c(F)c(O)c1O. The lowest BCUT2D eigenvalue weighted by Crippen LogP contribution is -2.12. The van der Waals surface area contributed by atoms with E-state index in [4.69, 9.17) is 10.8 Å². The molecule has 0 bridgehead atoms. The molecule has 1 atom stereocenters. The zero-order chi connectivity index (χ0) is 13.2. The number of carboxylic acid groups (broad SMARTS) is 1. The van der Waals surface area contributed by atoms with Crippen LogP contribution in [0.25, 0.3) is 0 Å². The minimum Gasteiger partial charge on any atom is -0.504 e. The van der Waals surface area contributed by atoms with E-state index in [-0.39, 0.29) is 22.9 Å². The van der Waals surface area contributed by atoms with E-state index >= 15 is 0 Å². The van der Waals surface area contributed by atoms with Crippen LogP contribution < -0.4 is 5.73 Å². The van der Waals surface area contributed by atoms with Crippen molar-refractivity contribution in [1.82, 2.24) is 0 Å². The summed E-state index contributed by atoms with van der Waals surface area (Å²) in [5.74, 6) is -3.58. The molecule has 0 aromatic heterocycles. The van der Waals surface area contributed by atoms with Gasteiger partial charge in [0.2, 0.25) is 0 Å². The highest BCUT2D eigenvalue weighted by Gasteiger charge is 2.20. The van der Waals surface area contributed by atoms with Gasteiger partial charge in [-0.3, -0.25) is 4.79 Å². The van der Waals surface area contributed by atoms with Crippen LogP contribution >= 0.6 is 15.9 Å². The van der Waals surface area contributed by atoms with Crippen LogP contribution in [0.4, 0.5) is 4.39 Å². The van der Waals surface area contributed by atoms with E-state index < -0.39 is 29.3 Å². The van der Waals surface area contributed by atoms with Crippen molar-refractivity contribution in [3.63, 3.8) is 0 Å². The largest absolute Gasteiger partial charge is 0.504 e. The fraction of sp³-hybridized carbons (Fsp3) is 0.300. The number of halogens is 2. The van der Waals surface area contributed by atoms with E-state index in [1.807, 2.05) is 0 Å². The molecule has 1 rings (SSSR count). The maximum atomic E-state index is 13.2. The number of rotatable bonds is 4. The zero-order valence-electron chi connectivity index (χ0n) is 8.65. The Morgan fingerprint density at radius 3 is 2.59 bits per heavy atom. The van der Waals surface area contributed by atoms with Crippen molar-refractivity contribution in [3.8, 4) is 11.5 Å². The molecule has 0 aliphatic carbocycles. The third-order valence-corrected chi connectivity index (χ3v) is 2.84. The van der Waals surface area contributed by atoms with Gasteiger partial charge in [0, 0.05) is 18.0 Å². The second-order valence-electron chi connectivity index (χ2n) is 3.50. The highest BCUT2D eigenvalue weighted by molar-refractivity contribution is 9.10. The highest BCUT2D eigenvalue weighted by Crippen LogP contribution is 2.39. The summed E-state index contributed by atoms with van der Waals surface area (Å²) in [7, 11) is 0. The van der Waals surface area contributed by atoms with E-state index in [1.54, 1.807) is 0 Å². The minimum absolute atomic E-state index is 0.0476. The summed E-state index contributed by atoms with van der Waals surface area (Å²) in [5.41, 5.74) is 5.75. The quantitative estimate of drug-likeness (QED) is 0.636. The van der Waals surface area contributed by atoms with Gasteiger partial charge in [-0.15, -0.1) is 0 Å². The molecule has 1 unspecified atom stereocenters. The molecule has 0 aliphatic heterocycles. The number of hydrogen-bond donors (Lipinski definition) is 4. The fourth-order valence-corrected chi connectivity index (χ4v) is 1.77. The van der Waals surface area contributed by atoms with Crippen LogP contribution in [0.1, 0.15) is 24.4 Å². The summed E-state index contributed by atoms with van der Waals surface area (Å²) in [5, 5.41) is 27.3. The number of nitrogens with two attached hydrogens (primary N) is 1. The normalized spacial score (nSPS) is 12.4. The van der Waals surface area contributed by atoms with Crippen molar-refractivity contribution >= 4 is 21.9 Å². The average molecular weight is 308 g/mol. The Hall–Kier alpha value is -1.34. The number of phenols is 2. The van der Waals surface area contributed by atoms with Crippen molar-refractivity contribution in [2.75, 3.05) is 0 Å². The smallest absolute Gasteiger partial charge is 0.303 e. The molecule has 0 aliphatic rings. The lowest BCUT2D eigenvalue weighted by Gasteiger charge is -2.14. The molecular formula is C10H11BrFNO4. The lowest BCUT2D eigenvalue weighted by molar-refractivity contribution is -0.137. The molecule has 1 aromatic carbocycles. The number of phenolic OH excluding ortho intramolecular Hbond substituents is 2. The third-order valence-electron chi connectivity index (χ3n) is 2.27. The molecular weight excluding hydrogens is 297 g/mol. The van der Waals surface area contributed by atoms with Gasteiger partial charge < -0.3 is 21.1 Å². The standard InChI is InChI=1S/C10H11BrFNO4/c11-5-3-4(6(13)1-2-7(14)15)9(16)10(17)8(5)12/h3,6,16-17H,1-2,13H2,(H,14,15). The fourth-order valence-electron chi connectivity index (χ4n) is 1.34. The topological polar surface area (TPSA) is 104 Å². The first-order valence-corrected chi connectivity index (χ1v) is 5.51. The average Bonchev–Trinajstić information content (AvgIpc) is 2.28. The monoisotopic (exact) mass is 307 g/mol. The predicted octanol–water partition coefficient (Wildman–Crippen LogP) is 1.86. The molecule has 0 saturated heterocycles. The minimum atomic E-state index is -1.02. The maximum absolute atomic E-state index is 13.2. The molecule has 0 spiro atoms. The molecule has 0 fully saturated rings. The molecule has 5 nitrogen and oxygen atoms in total. The molecule has 5 N–H and O–H groups in total. The van der Waals surface area contributed by atoms with Crippen LogP contribution in [0.5, 0.6) is 11.5 Å². The van der Waals surface area contributed by atoms with Gasteiger partial charge in [0.05, 0.1) is 4.47 Å². The van der Waals surface area contributed by atoms with Gasteiger partial charge in [-0.05, 0) is 28.4 Å². The first-order valence-electron chi connectivity index (χ1n) is 4.71. The molecule has 0 radical (unpaired) electrons. The van der Waals surface area contributed by atoms with Crippen molar-refractivity contribution in [1.29, 1.82) is 0 Å². The van der Waals surface area contributed by atoms with Crippen molar-refractivity contribution in [2.45, 2.75) is 18.9 Å². The molecule has 1 aromatic rings. The van der Waals surface area contributed by atoms with Crippen molar-refractivity contribution in [3.05, 3.63) is 21.9 Å². The Morgan fingerprint density at radius 2 is 2.06 bits per heavy atom. The van der Waals surface area contributed by atoms with Gasteiger partial charge in [-0.25, -0.2) is 4.39 Å². The second-order valence-corrected chi connectivity index (χ2v) is 4.35. The summed E-state index contributed by atoms with van der Waals surface area (Å²) < 4.78 is 13.1.